The highest BCUT2D eigenvalue weighted by Gasteiger charge is 2.10. The Hall–Kier alpha value is -2.57. The predicted molar refractivity (Wildman–Crippen MR) is 93.2 cm³/mol. The third kappa shape index (κ3) is 3.84. The number of hydrogen-bond acceptors (Lipinski definition) is 5. The van der Waals surface area contributed by atoms with Crippen LogP contribution >= 0.6 is 23.2 Å². The fraction of sp³-hybridized carbons (Fsp3) is 0.0625. The van der Waals surface area contributed by atoms with Crippen molar-refractivity contribution in [3.8, 4) is 0 Å². The van der Waals surface area contributed by atoms with Gasteiger partial charge in [0.1, 0.15) is 5.76 Å². The molecule has 0 aliphatic carbocycles. The predicted octanol–water partition coefficient (Wildman–Crippen LogP) is 4.68. The molecule has 3 aromatic rings. The molecule has 2 heterocycles. The summed E-state index contributed by atoms with van der Waals surface area (Å²) in [6.07, 6.45) is 3.05. The van der Waals surface area contributed by atoms with Crippen molar-refractivity contribution in [3.05, 3.63) is 64.1 Å². The van der Waals surface area contributed by atoms with Crippen molar-refractivity contribution in [2.24, 2.45) is 0 Å². The molecule has 0 unspecified atom stereocenters. The van der Waals surface area contributed by atoms with Gasteiger partial charge in [0.25, 0.3) is 5.91 Å². The summed E-state index contributed by atoms with van der Waals surface area (Å²) in [5, 5.41) is 10.4. The van der Waals surface area contributed by atoms with E-state index in [1.807, 2.05) is 0 Å². The number of hydrogen-bond donors (Lipinski definition) is 2. The average Bonchev–Trinajstić information content (AvgIpc) is 2.96. The fourth-order valence-corrected chi connectivity index (χ4v) is 2.28. The molecule has 0 radical (unpaired) electrons. The molecular weight excluding hydrogens is 351 g/mol. The first-order valence-electron chi connectivity index (χ1n) is 6.93. The molecular formula is C16H12Cl2N4O2. The standard InChI is InChI=1S/C16H12Cl2N4O2/c1-9-4-15(22-24-9)20-12-5-10(7-19-8-12)16(23)21-11-2-3-13(17)14(18)6-11/h2-8H,1H3,(H,20,22)(H,21,23). The molecule has 0 saturated carbocycles. The number of benzene rings is 1. The Morgan fingerprint density at radius 1 is 1.08 bits per heavy atom. The zero-order valence-corrected chi connectivity index (χ0v) is 14.0. The summed E-state index contributed by atoms with van der Waals surface area (Å²) in [6.45, 7) is 1.79. The van der Waals surface area contributed by atoms with E-state index in [-0.39, 0.29) is 5.91 Å². The molecule has 0 atom stereocenters. The number of carbonyl (C=O) groups is 1. The van der Waals surface area contributed by atoms with Crippen molar-refractivity contribution >= 4 is 46.3 Å². The second kappa shape index (κ2) is 6.90. The zero-order chi connectivity index (χ0) is 17.1. The molecule has 0 spiro atoms. The molecule has 0 aliphatic heterocycles. The molecule has 1 aromatic carbocycles. The number of halogens is 2. The van der Waals surface area contributed by atoms with Crippen LogP contribution in [0.4, 0.5) is 17.2 Å². The summed E-state index contributed by atoms with van der Waals surface area (Å²) in [6, 6.07) is 8.25. The smallest absolute Gasteiger partial charge is 0.257 e. The monoisotopic (exact) mass is 362 g/mol. The highest BCUT2D eigenvalue weighted by molar-refractivity contribution is 6.42. The second-order valence-corrected chi connectivity index (χ2v) is 5.81. The van der Waals surface area contributed by atoms with Gasteiger partial charge in [0.2, 0.25) is 0 Å². The average molecular weight is 363 g/mol. The van der Waals surface area contributed by atoms with Gasteiger partial charge in [-0.3, -0.25) is 9.78 Å². The first kappa shape index (κ1) is 16.3. The first-order chi connectivity index (χ1) is 11.5. The zero-order valence-electron chi connectivity index (χ0n) is 12.5. The van der Waals surface area contributed by atoms with E-state index < -0.39 is 0 Å². The Labute approximate surface area is 147 Å². The van der Waals surface area contributed by atoms with Gasteiger partial charge in [-0.2, -0.15) is 0 Å². The Morgan fingerprint density at radius 2 is 1.92 bits per heavy atom. The Balaban J connectivity index is 1.75. The lowest BCUT2D eigenvalue weighted by atomic mass is 10.2. The number of aryl methyl sites for hydroxylation is 1. The molecule has 6 nitrogen and oxygen atoms in total. The Kier molecular flexibility index (Phi) is 4.69. The van der Waals surface area contributed by atoms with Crippen molar-refractivity contribution in [2.45, 2.75) is 6.92 Å². The van der Waals surface area contributed by atoms with Crippen LogP contribution in [0, 0.1) is 6.92 Å². The maximum atomic E-state index is 12.3. The van der Waals surface area contributed by atoms with Gasteiger partial charge in [-0.1, -0.05) is 28.4 Å². The van der Waals surface area contributed by atoms with E-state index in [1.54, 1.807) is 43.5 Å². The minimum Gasteiger partial charge on any atom is -0.360 e. The first-order valence-corrected chi connectivity index (χ1v) is 7.68. The SMILES string of the molecule is Cc1cc(Nc2cncc(C(=O)Nc3ccc(Cl)c(Cl)c3)c2)no1. The lowest BCUT2D eigenvalue weighted by Crippen LogP contribution is -2.12. The summed E-state index contributed by atoms with van der Waals surface area (Å²) in [5.41, 5.74) is 1.54. The van der Waals surface area contributed by atoms with Crippen LogP contribution in [0.1, 0.15) is 16.1 Å². The summed E-state index contributed by atoms with van der Waals surface area (Å²) < 4.78 is 4.98. The van der Waals surface area contributed by atoms with Gasteiger partial charge in [0, 0.05) is 18.0 Å². The van der Waals surface area contributed by atoms with Crippen LogP contribution in [0.5, 0.6) is 0 Å². The summed E-state index contributed by atoms with van der Waals surface area (Å²) in [5.74, 6) is 0.899. The highest BCUT2D eigenvalue weighted by Crippen LogP contribution is 2.25. The molecule has 3 rings (SSSR count). The van der Waals surface area contributed by atoms with Gasteiger partial charge in [-0.15, -0.1) is 0 Å². The maximum absolute atomic E-state index is 12.3. The van der Waals surface area contributed by atoms with E-state index in [0.717, 1.165) is 0 Å². The normalized spacial score (nSPS) is 10.5. The Bertz CT molecular complexity index is 895. The van der Waals surface area contributed by atoms with Crippen molar-refractivity contribution in [1.29, 1.82) is 0 Å². The largest absolute Gasteiger partial charge is 0.360 e. The van der Waals surface area contributed by atoms with Crippen LogP contribution < -0.4 is 10.6 Å². The molecule has 24 heavy (non-hydrogen) atoms. The summed E-state index contributed by atoms with van der Waals surface area (Å²) in [7, 11) is 0. The quantitative estimate of drug-likeness (QED) is 0.704. The lowest BCUT2D eigenvalue weighted by molar-refractivity contribution is 0.102. The van der Waals surface area contributed by atoms with Crippen molar-refractivity contribution < 1.29 is 9.32 Å². The number of rotatable bonds is 4. The fourth-order valence-electron chi connectivity index (χ4n) is 1.98. The van der Waals surface area contributed by atoms with Crippen LogP contribution in [-0.2, 0) is 0 Å². The van der Waals surface area contributed by atoms with E-state index in [1.165, 1.54) is 6.20 Å². The molecule has 0 saturated heterocycles. The molecule has 8 heteroatoms. The van der Waals surface area contributed by atoms with E-state index in [9.17, 15) is 4.79 Å². The molecule has 2 N–H and O–H groups in total. The molecule has 0 aliphatic rings. The third-order valence-electron chi connectivity index (χ3n) is 3.08. The number of nitrogens with zero attached hydrogens (tertiary/aromatic N) is 2. The number of carbonyl (C=O) groups excluding carboxylic acids is 1. The molecule has 122 valence electrons. The van der Waals surface area contributed by atoms with Crippen LogP contribution in [0.25, 0.3) is 0 Å². The van der Waals surface area contributed by atoms with Gasteiger partial charge >= 0.3 is 0 Å². The van der Waals surface area contributed by atoms with Crippen LogP contribution in [0.3, 0.4) is 0 Å². The number of nitrogens with one attached hydrogen (secondary N) is 2. The highest BCUT2D eigenvalue weighted by atomic mass is 35.5. The van der Waals surface area contributed by atoms with Gasteiger partial charge in [-0.05, 0) is 31.2 Å². The van der Waals surface area contributed by atoms with Crippen molar-refractivity contribution in [2.75, 3.05) is 10.6 Å². The van der Waals surface area contributed by atoms with Crippen LogP contribution in [0.2, 0.25) is 10.0 Å². The molecule has 0 fully saturated rings. The number of amides is 1. The van der Waals surface area contributed by atoms with Crippen molar-refractivity contribution in [3.63, 3.8) is 0 Å². The molecule has 2 aromatic heterocycles. The maximum Gasteiger partial charge on any atom is 0.257 e. The van der Waals surface area contributed by atoms with Gasteiger partial charge in [-0.25, -0.2) is 0 Å². The summed E-state index contributed by atoms with van der Waals surface area (Å²) in [4.78, 5) is 16.4. The number of aromatic nitrogens is 2. The minimum absolute atomic E-state index is 0.319. The Morgan fingerprint density at radius 3 is 2.62 bits per heavy atom. The van der Waals surface area contributed by atoms with E-state index in [4.69, 9.17) is 27.7 Å². The van der Waals surface area contributed by atoms with Gasteiger partial charge in [0.05, 0.1) is 27.5 Å². The third-order valence-corrected chi connectivity index (χ3v) is 3.82. The summed E-state index contributed by atoms with van der Waals surface area (Å²) >= 11 is 11.8. The number of pyridine rings is 1. The van der Waals surface area contributed by atoms with E-state index >= 15 is 0 Å². The van der Waals surface area contributed by atoms with Gasteiger partial charge in [0.15, 0.2) is 5.82 Å². The van der Waals surface area contributed by atoms with E-state index in [2.05, 4.69) is 20.8 Å². The number of anilines is 3. The topological polar surface area (TPSA) is 80.0 Å². The van der Waals surface area contributed by atoms with Crippen LogP contribution in [-0.4, -0.2) is 16.0 Å². The van der Waals surface area contributed by atoms with Crippen LogP contribution in [0.15, 0.2) is 47.2 Å². The molecule has 1 amide bonds. The van der Waals surface area contributed by atoms with E-state index in [0.29, 0.717) is 38.6 Å². The molecule has 0 bridgehead atoms. The minimum atomic E-state index is -0.319. The van der Waals surface area contributed by atoms with Gasteiger partial charge < -0.3 is 15.2 Å². The second-order valence-electron chi connectivity index (χ2n) is 4.99. The lowest BCUT2D eigenvalue weighted by Gasteiger charge is -2.08. The van der Waals surface area contributed by atoms with Crippen molar-refractivity contribution in [1.82, 2.24) is 10.1 Å².